The zero-order valence-corrected chi connectivity index (χ0v) is 16.4. The third-order valence-electron chi connectivity index (χ3n) is 3.63. The summed E-state index contributed by atoms with van der Waals surface area (Å²) in [7, 11) is 1.75. The first kappa shape index (κ1) is 19.1. The van der Waals surface area contributed by atoms with Gasteiger partial charge >= 0.3 is 5.97 Å². The van der Waals surface area contributed by atoms with E-state index < -0.39 is 14.0 Å². The van der Waals surface area contributed by atoms with E-state index in [-0.39, 0.29) is 12.4 Å². The van der Waals surface area contributed by atoms with Crippen LogP contribution >= 0.6 is 0 Å². The summed E-state index contributed by atoms with van der Waals surface area (Å²) in [6.07, 6.45) is 3.31. The zero-order chi connectivity index (χ0) is 18.4. The second kappa shape index (κ2) is 8.26. The molecule has 2 heterocycles. The van der Waals surface area contributed by atoms with Crippen molar-refractivity contribution in [3.8, 4) is 17.0 Å². The predicted molar refractivity (Wildman–Crippen MR) is 97.5 cm³/mol. The maximum absolute atomic E-state index is 11.8. The fourth-order valence-corrected chi connectivity index (χ4v) is 2.91. The van der Waals surface area contributed by atoms with E-state index in [9.17, 15) is 4.79 Å². The van der Waals surface area contributed by atoms with Gasteiger partial charge in [-0.2, -0.15) is 5.10 Å². The summed E-state index contributed by atoms with van der Waals surface area (Å²) < 4.78 is 17.4. The summed E-state index contributed by atoms with van der Waals surface area (Å²) in [6.45, 7) is 7.82. The van der Waals surface area contributed by atoms with Gasteiger partial charge in [0.05, 0.1) is 26.1 Å². The molecular formula is C17H25N3O4Si. The van der Waals surface area contributed by atoms with Gasteiger partial charge in [-0.25, -0.2) is 9.48 Å². The average Bonchev–Trinajstić information content (AvgIpc) is 3.01. The van der Waals surface area contributed by atoms with Crippen LogP contribution in [0.2, 0.25) is 25.7 Å². The highest BCUT2D eigenvalue weighted by atomic mass is 28.3. The third-order valence-corrected chi connectivity index (χ3v) is 5.33. The van der Waals surface area contributed by atoms with E-state index in [2.05, 4.69) is 29.7 Å². The molecule has 0 saturated carbocycles. The summed E-state index contributed by atoms with van der Waals surface area (Å²) in [6, 6.07) is 4.57. The van der Waals surface area contributed by atoms with E-state index in [1.165, 1.54) is 7.11 Å². The van der Waals surface area contributed by atoms with Gasteiger partial charge in [-0.1, -0.05) is 19.6 Å². The van der Waals surface area contributed by atoms with Crippen LogP contribution in [0.3, 0.4) is 0 Å². The summed E-state index contributed by atoms with van der Waals surface area (Å²) in [5, 5.41) is 4.31. The summed E-state index contributed by atoms with van der Waals surface area (Å²) in [5.74, 6) is 0.141. The van der Waals surface area contributed by atoms with E-state index in [4.69, 9.17) is 14.2 Å². The lowest BCUT2D eigenvalue weighted by Crippen LogP contribution is -2.22. The molecule has 0 bridgehead atoms. The summed E-state index contributed by atoms with van der Waals surface area (Å²) in [4.78, 5) is 16.0. The van der Waals surface area contributed by atoms with Crippen LogP contribution in [0.15, 0.2) is 24.5 Å². The van der Waals surface area contributed by atoms with Gasteiger partial charge in [-0.3, -0.25) is 4.98 Å². The Balaban J connectivity index is 2.24. The molecule has 7 nitrogen and oxygen atoms in total. The molecule has 2 aromatic rings. The van der Waals surface area contributed by atoms with Crippen molar-refractivity contribution >= 4 is 14.0 Å². The average molecular weight is 363 g/mol. The minimum atomic E-state index is -1.16. The Bertz CT molecular complexity index is 725. The Morgan fingerprint density at radius 1 is 1.20 bits per heavy atom. The van der Waals surface area contributed by atoms with Gasteiger partial charge in [-0.15, -0.1) is 0 Å². The fourth-order valence-electron chi connectivity index (χ4n) is 2.15. The zero-order valence-electron chi connectivity index (χ0n) is 15.4. The molecule has 0 aliphatic carbocycles. The highest BCUT2D eigenvalue weighted by Gasteiger charge is 2.17. The molecule has 0 saturated heterocycles. The number of carbonyl (C=O) groups is 1. The van der Waals surface area contributed by atoms with E-state index in [1.54, 1.807) is 30.3 Å². The lowest BCUT2D eigenvalue weighted by molar-refractivity contribution is 0.0583. The molecule has 0 N–H and O–H groups in total. The molecule has 2 rings (SSSR count). The lowest BCUT2D eigenvalue weighted by Gasteiger charge is -2.16. The van der Waals surface area contributed by atoms with Crippen LogP contribution in [0, 0.1) is 0 Å². The molecule has 25 heavy (non-hydrogen) atoms. The molecular weight excluding hydrogens is 338 g/mol. The number of carbonyl (C=O) groups excluding carboxylic acids is 1. The standard InChI is InChI=1S/C17H25N3O4Si/c1-22-14-8-13(10-18-11-14)16-9-15(17(21)23-2)19-20(16)12-24-6-7-25(3,4)5/h8-11H,6-7,12H2,1-5H3. The Kier molecular flexibility index (Phi) is 6.32. The van der Waals surface area contributed by atoms with Gasteiger partial charge < -0.3 is 14.2 Å². The molecule has 0 aromatic carbocycles. The second-order valence-electron chi connectivity index (χ2n) is 6.87. The number of methoxy groups -OCH3 is 2. The van der Waals surface area contributed by atoms with Crippen LogP contribution < -0.4 is 4.74 Å². The van der Waals surface area contributed by atoms with Gasteiger partial charge in [0, 0.05) is 26.4 Å². The number of rotatable bonds is 8. The Hall–Kier alpha value is -2.19. The number of nitrogens with zero attached hydrogens (tertiary/aromatic N) is 3. The van der Waals surface area contributed by atoms with Crippen LogP contribution in [0.5, 0.6) is 5.75 Å². The topological polar surface area (TPSA) is 75.5 Å². The van der Waals surface area contributed by atoms with Crippen LogP contribution in [-0.4, -0.2) is 49.6 Å². The summed E-state index contributed by atoms with van der Waals surface area (Å²) in [5.41, 5.74) is 1.74. The van der Waals surface area contributed by atoms with Crippen LogP contribution in [-0.2, 0) is 16.2 Å². The van der Waals surface area contributed by atoms with Crippen molar-refractivity contribution in [2.24, 2.45) is 0 Å². The van der Waals surface area contributed by atoms with Crippen molar-refractivity contribution in [2.45, 2.75) is 32.4 Å². The van der Waals surface area contributed by atoms with Crippen molar-refractivity contribution in [1.29, 1.82) is 0 Å². The van der Waals surface area contributed by atoms with E-state index in [1.807, 2.05) is 6.07 Å². The number of hydrogen-bond donors (Lipinski definition) is 0. The van der Waals surface area contributed by atoms with Gasteiger partial charge in [0.2, 0.25) is 0 Å². The minimum absolute atomic E-state index is 0.231. The SMILES string of the molecule is COC(=O)c1cc(-c2cncc(OC)c2)n(COCC[Si](C)(C)C)n1. The maximum Gasteiger partial charge on any atom is 0.358 e. The van der Waals surface area contributed by atoms with E-state index in [0.29, 0.717) is 12.4 Å². The number of ether oxygens (including phenoxy) is 3. The molecule has 0 aliphatic heterocycles. The van der Waals surface area contributed by atoms with Crippen molar-refractivity contribution in [3.63, 3.8) is 0 Å². The number of esters is 1. The largest absolute Gasteiger partial charge is 0.495 e. The highest BCUT2D eigenvalue weighted by Crippen LogP contribution is 2.24. The van der Waals surface area contributed by atoms with Crippen LogP contribution in [0.4, 0.5) is 0 Å². The van der Waals surface area contributed by atoms with Crippen molar-refractivity contribution in [1.82, 2.24) is 14.8 Å². The normalized spacial score (nSPS) is 11.4. The van der Waals surface area contributed by atoms with Gasteiger partial charge in [0.1, 0.15) is 12.5 Å². The van der Waals surface area contributed by atoms with Crippen molar-refractivity contribution < 1.29 is 19.0 Å². The molecule has 0 unspecified atom stereocenters. The molecule has 136 valence electrons. The smallest absolute Gasteiger partial charge is 0.358 e. The predicted octanol–water partition coefficient (Wildman–Crippen LogP) is 3.05. The molecule has 0 radical (unpaired) electrons. The van der Waals surface area contributed by atoms with Crippen molar-refractivity contribution in [3.05, 3.63) is 30.2 Å². The quantitative estimate of drug-likeness (QED) is 0.408. The number of pyridine rings is 1. The molecule has 0 atom stereocenters. The van der Waals surface area contributed by atoms with Gasteiger partial charge in [0.25, 0.3) is 0 Å². The molecule has 2 aromatic heterocycles. The van der Waals surface area contributed by atoms with Crippen LogP contribution in [0.1, 0.15) is 10.5 Å². The van der Waals surface area contributed by atoms with Gasteiger partial charge in [0.15, 0.2) is 5.69 Å². The first-order valence-electron chi connectivity index (χ1n) is 8.07. The molecule has 0 fully saturated rings. The Labute approximate surface area is 148 Å². The lowest BCUT2D eigenvalue weighted by atomic mass is 10.2. The first-order valence-corrected chi connectivity index (χ1v) is 11.8. The molecule has 0 spiro atoms. The fraction of sp³-hybridized carbons (Fsp3) is 0.471. The van der Waals surface area contributed by atoms with E-state index in [0.717, 1.165) is 17.3 Å². The van der Waals surface area contributed by atoms with Gasteiger partial charge in [-0.05, 0) is 18.2 Å². The Morgan fingerprint density at radius 2 is 1.96 bits per heavy atom. The molecule has 8 heteroatoms. The highest BCUT2D eigenvalue weighted by molar-refractivity contribution is 6.76. The molecule has 0 aliphatic rings. The number of hydrogen-bond acceptors (Lipinski definition) is 6. The number of aromatic nitrogens is 3. The minimum Gasteiger partial charge on any atom is -0.495 e. The Morgan fingerprint density at radius 3 is 2.60 bits per heavy atom. The maximum atomic E-state index is 11.8. The summed E-state index contributed by atoms with van der Waals surface area (Å²) >= 11 is 0. The van der Waals surface area contributed by atoms with Crippen LogP contribution in [0.25, 0.3) is 11.3 Å². The van der Waals surface area contributed by atoms with Crippen molar-refractivity contribution in [2.75, 3.05) is 20.8 Å². The third kappa shape index (κ3) is 5.40. The molecule has 0 amide bonds. The second-order valence-corrected chi connectivity index (χ2v) is 12.5. The first-order chi connectivity index (χ1) is 11.8. The van der Waals surface area contributed by atoms with E-state index >= 15 is 0 Å². The monoisotopic (exact) mass is 363 g/mol.